The molecule has 2 aromatic carbocycles. The maximum absolute atomic E-state index is 12.9. The molecule has 0 unspecified atom stereocenters. The van der Waals surface area contributed by atoms with Crippen LogP contribution in [-0.2, 0) is 9.59 Å². The fourth-order valence-corrected chi connectivity index (χ4v) is 2.45. The number of nitrogens with zero attached hydrogens (tertiary/aromatic N) is 1. The van der Waals surface area contributed by atoms with Crippen LogP contribution in [-0.4, -0.2) is 42.5 Å². The number of alkyl halides is 3. The van der Waals surface area contributed by atoms with Gasteiger partial charge in [0.15, 0.2) is 0 Å². The van der Waals surface area contributed by atoms with Crippen LogP contribution in [0.4, 0.5) is 22.0 Å². The van der Waals surface area contributed by atoms with Crippen molar-refractivity contribution in [2.45, 2.75) is 6.18 Å². The number of nitrogens with one attached hydrogen (secondary N) is 1. The molecule has 0 bridgehead atoms. The van der Waals surface area contributed by atoms with E-state index in [1.165, 1.54) is 48.6 Å². The number of halogens is 5. The Morgan fingerprint density at radius 2 is 1.32 bits per heavy atom. The lowest BCUT2D eigenvalue weighted by Gasteiger charge is -2.22. The largest absolute Gasteiger partial charge is 0.406 e. The number of carbonyl (C=O) groups excluding carboxylic acids is 2. The first-order valence-electron chi connectivity index (χ1n) is 9.13. The monoisotopic (exact) mass is 438 g/mol. The summed E-state index contributed by atoms with van der Waals surface area (Å²) < 4.78 is 64.2. The van der Waals surface area contributed by atoms with Crippen molar-refractivity contribution in [3.63, 3.8) is 0 Å². The van der Waals surface area contributed by atoms with Gasteiger partial charge in [-0.3, -0.25) is 9.59 Å². The molecule has 0 atom stereocenters. The lowest BCUT2D eigenvalue weighted by atomic mass is 10.2. The zero-order valence-corrected chi connectivity index (χ0v) is 16.2. The molecule has 0 spiro atoms. The van der Waals surface area contributed by atoms with E-state index in [0.29, 0.717) is 16.0 Å². The molecule has 0 aliphatic carbocycles. The van der Waals surface area contributed by atoms with Crippen molar-refractivity contribution < 1.29 is 31.5 Å². The Kier molecular flexibility index (Phi) is 8.48. The Hall–Kier alpha value is -3.49. The summed E-state index contributed by atoms with van der Waals surface area (Å²) in [6, 6.07) is 10.4. The van der Waals surface area contributed by atoms with E-state index in [1.54, 1.807) is 0 Å². The number of amides is 2. The third-order valence-corrected chi connectivity index (χ3v) is 3.95. The highest BCUT2D eigenvalue weighted by molar-refractivity contribution is 5.92. The van der Waals surface area contributed by atoms with E-state index in [0.717, 1.165) is 24.3 Å². The van der Waals surface area contributed by atoms with Crippen LogP contribution in [0.15, 0.2) is 60.7 Å². The van der Waals surface area contributed by atoms with Gasteiger partial charge in [-0.2, -0.15) is 13.2 Å². The Labute approximate surface area is 175 Å². The maximum atomic E-state index is 12.9. The minimum Gasteiger partial charge on any atom is -0.351 e. The SMILES string of the molecule is O=C(/C=C/c1ccc(F)cc1)NCCN(CC(F)(F)F)C(=O)/C=C\c1ccc(F)cc1. The van der Waals surface area contributed by atoms with Gasteiger partial charge < -0.3 is 10.2 Å². The van der Waals surface area contributed by atoms with Crippen molar-refractivity contribution in [3.8, 4) is 0 Å². The summed E-state index contributed by atoms with van der Waals surface area (Å²) >= 11 is 0. The molecular weight excluding hydrogens is 419 g/mol. The Morgan fingerprint density at radius 3 is 1.81 bits per heavy atom. The fraction of sp³-hybridized carbons (Fsp3) is 0.182. The van der Waals surface area contributed by atoms with Crippen LogP contribution in [0.3, 0.4) is 0 Å². The Bertz CT molecular complexity index is 936. The topological polar surface area (TPSA) is 49.4 Å². The van der Waals surface area contributed by atoms with Gasteiger partial charge in [-0.05, 0) is 47.5 Å². The predicted molar refractivity (Wildman–Crippen MR) is 107 cm³/mol. The zero-order chi connectivity index (χ0) is 22.9. The standard InChI is InChI=1S/C22H19F5N2O2/c23-18-7-1-16(2-8-18)5-11-20(30)28-13-14-29(15-22(25,26)27)21(31)12-6-17-3-9-19(24)10-4-17/h1-12H,13-15H2,(H,28,30)/b11-5+,12-6-. The molecule has 0 aliphatic heterocycles. The number of hydrogen-bond donors (Lipinski definition) is 1. The van der Waals surface area contributed by atoms with Crippen LogP contribution < -0.4 is 5.32 Å². The molecule has 164 valence electrons. The summed E-state index contributed by atoms with van der Waals surface area (Å²) in [4.78, 5) is 24.5. The minimum atomic E-state index is -4.62. The van der Waals surface area contributed by atoms with Gasteiger partial charge in [0.2, 0.25) is 11.8 Å². The summed E-state index contributed by atoms with van der Waals surface area (Å²) in [5.74, 6) is -2.39. The van der Waals surface area contributed by atoms with Crippen molar-refractivity contribution in [2.75, 3.05) is 19.6 Å². The number of hydrogen-bond acceptors (Lipinski definition) is 2. The third kappa shape index (κ3) is 9.24. The van der Waals surface area contributed by atoms with Crippen molar-refractivity contribution in [1.29, 1.82) is 0 Å². The molecule has 0 fully saturated rings. The van der Waals surface area contributed by atoms with Crippen LogP contribution in [0, 0.1) is 11.6 Å². The summed E-state index contributed by atoms with van der Waals surface area (Å²) in [6.45, 7) is -2.07. The molecule has 4 nitrogen and oxygen atoms in total. The van der Waals surface area contributed by atoms with Gasteiger partial charge in [-0.15, -0.1) is 0 Å². The molecule has 2 rings (SSSR count). The van der Waals surface area contributed by atoms with E-state index in [2.05, 4.69) is 5.32 Å². The molecule has 0 heterocycles. The number of rotatable bonds is 8. The van der Waals surface area contributed by atoms with Crippen LogP contribution >= 0.6 is 0 Å². The van der Waals surface area contributed by atoms with E-state index >= 15 is 0 Å². The zero-order valence-electron chi connectivity index (χ0n) is 16.2. The van der Waals surface area contributed by atoms with Crippen LogP contribution in [0.2, 0.25) is 0 Å². The van der Waals surface area contributed by atoms with Gasteiger partial charge in [0, 0.05) is 25.2 Å². The molecule has 0 saturated heterocycles. The summed E-state index contributed by atoms with van der Waals surface area (Å²) in [5.41, 5.74) is 1.01. The second-order valence-electron chi connectivity index (χ2n) is 6.44. The van der Waals surface area contributed by atoms with E-state index in [4.69, 9.17) is 0 Å². The molecular formula is C22H19F5N2O2. The van der Waals surface area contributed by atoms with E-state index in [1.807, 2.05) is 0 Å². The van der Waals surface area contributed by atoms with Gasteiger partial charge in [0.1, 0.15) is 18.2 Å². The first-order chi connectivity index (χ1) is 14.6. The smallest absolute Gasteiger partial charge is 0.351 e. The van der Waals surface area contributed by atoms with Gasteiger partial charge in [-0.25, -0.2) is 8.78 Å². The third-order valence-electron chi connectivity index (χ3n) is 3.95. The molecule has 2 aromatic rings. The minimum absolute atomic E-state index is 0.210. The average Bonchev–Trinajstić information content (AvgIpc) is 2.71. The van der Waals surface area contributed by atoms with Gasteiger partial charge >= 0.3 is 6.18 Å². The van der Waals surface area contributed by atoms with E-state index in [-0.39, 0.29) is 13.1 Å². The molecule has 0 saturated carbocycles. The van der Waals surface area contributed by atoms with Crippen molar-refractivity contribution in [2.24, 2.45) is 0 Å². The molecule has 0 radical (unpaired) electrons. The Balaban J connectivity index is 1.92. The molecule has 0 aromatic heterocycles. The summed E-state index contributed by atoms with van der Waals surface area (Å²) in [5, 5.41) is 2.39. The summed E-state index contributed by atoms with van der Waals surface area (Å²) in [7, 11) is 0. The number of carbonyl (C=O) groups is 2. The molecule has 2 amide bonds. The molecule has 9 heteroatoms. The summed E-state index contributed by atoms with van der Waals surface area (Å²) in [6.07, 6.45) is 0.173. The maximum Gasteiger partial charge on any atom is 0.406 e. The highest BCUT2D eigenvalue weighted by Gasteiger charge is 2.32. The Morgan fingerprint density at radius 1 is 0.839 bits per heavy atom. The van der Waals surface area contributed by atoms with E-state index in [9.17, 15) is 31.5 Å². The lowest BCUT2D eigenvalue weighted by Crippen LogP contribution is -2.42. The van der Waals surface area contributed by atoms with Gasteiger partial charge in [-0.1, -0.05) is 24.3 Å². The predicted octanol–water partition coefficient (Wildman–Crippen LogP) is 4.20. The molecule has 0 aliphatic rings. The first-order valence-corrected chi connectivity index (χ1v) is 9.13. The normalized spacial score (nSPS) is 11.8. The van der Waals surface area contributed by atoms with Crippen molar-refractivity contribution in [3.05, 3.63) is 83.4 Å². The molecule has 1 N–H and O–H groups in total. The highest BCUT2D eigenvalue weighted by atomic mass is 19.4. The van der Waals surface area contributed by atoms with E-state index < -0.39 is 36.2 Å². The van der Waals surface area contributed by atoms with Crippen LogP contribution in [0.1, 0.15) is 11.1 Å². The highest BCUT2D eigenvalue weighted by Crippen LogP contribution is 2.17. The second kappa shape index (κ2) is 11.1. The van der Waals surface area contributed by atoms with Crippen molar-refractivity contribution >= 4 is 24.0 Å². The van der Waals surface area contributed by atoms with Crippen LogP contribution in [0.5, 0.6) is 0 Å². The van der Waals surface area contributed by atoms with Crippen LogP contribution in [0.25, 0.3) is 12.2 Å². The molecule has 31 heavy (non-hydrogen) atoms. The van der Waals surface area contributed by atoms with Gasteiger partial charge in [0.25, 0.3) is 0 Å². The van der Waals surface area contributed by atoms with Gasteiger partial charge in [0.05, 0.1) is 0 Å². The quantitative estimate of drug-likeness (QED) is 0.496. The second-order valence-corrected chi connectivity index (χ2v) is 6.44. The average molecular weight is 438 g/mol. The lowest BCUT2D eigenvalue weighted by molar-refractivity contribution is -0.158. The van der Waals surface area contributed by atoms with Crippen molar-refractivity contribution in [1.82, 2.24) is 10.2 Å². The first kappa shape index (κ1) is 23.8. The number of benzene rings is 2. The fourth-order valence-electron chi connectivity index (χ4n) is 2.45.